The van der Waals surface area contributed by atoms with E-state index in [2.05, 4.69) is 5.32 Å². The average Bonchev–Trinajstić information content (AvgIpc) is 1.88. The summed E-state index contributed by atoms with van der Waals surface area (Å²) in [6, 6.07) is 0. The number of primary amides is 1. The summed E-state index contributed by atoms with van der Waals surface area (Å²) < 4.78 is 0. The van der Waals surface area contributed by atoms with Crippen LogP contribution in [0.3, 0.4) is 0 Å². The Hall–Kier alpha value is -1.06. The maximum Gasteiger partial charge on any atom is 0.222 e. The van der Waals surface area contributed by atoms with Crippen molar-refractivity contribution in [1.29, 1.82) is 0 Å². The van der Waals surface area contributed by atoms with Crippen molar-refractivity contribution in [3.05, 3.63) is 0 Å². The lowest BCUT2D eigenvalue weighted by Gasteiger charge is -2.18. The molecule has 4 nitrogen and oxygen atoms in total. The van der Waals surface area contributed by atoms with Crippen molar-refractivity contribution in [1.82, 2.24) is 5.32 Å². The zero-order chi connectivity index (χ0) is 7.56. The van der Waals surface area contributed by atoms with Crippen LogP contribution in [0.1, 0.15) is 12.8 Å². The molecule has 0 aromatic heterocycles. The fourth-order valence-electron chi connectivity index (χ4n) is 0.976. The lowest BCUT2D eigenvalue weighted by atomic mass is 9.99. The van der Waals surface area contributed by atoms with Crippen LogP contribution in [0.5, 0.6) is 0 Å². The molecule has 0 radical (unpaired) electrons. The molecule has 0 aliphatic carbocycles. The highest BCUT2D eigenvalue weighted by Gasteiger charge is 2.21. The molecule has 0 bridgehead atoms. The molecule has 0 aromatic carbocycles. The van der Waals surface area contributed by atoms with Gasteiger partial charge in [-0.15, -0.1) is 0 Å². The highest BCUT2D eigenvalue weighted by Crippen LogP contribution is 2.08. The number of nitrogens with two attached hydrogens (primary N) is 1. The van der Waals surface area contributed by atoms with E-state index in [1.54, 1.807) is 0 Å². The Labute approximate surface area is 58.8 Å². The van der Waals surface area contributed by atoms with Gasteiger partial charge in [0.25, 0.3) is 0 Å². The zero-order valence-electron chi connectivity index (χ0n) is 5.59. The number of nitrogens with one attached hydrogen (secondary N) is 1. The number of piperidine rings is 1. The molecule has 1 atom stereocenters. The minimum Gasteiger partial charge on any atom is -0.369 e. The van der Waals surface area contributed by atoms with Crippen LogP contribution in [0.4, 0.5) is 0 Å². The van der Waals surface area contributed by atoms with Gasteiger partial charge in [0, 0.05) is 13.0 Å². The second kappa shape index (κ2) is 2.68. The quantitative estimate of drug-likeness (QED) is 0.492. The molecular weight excluding hydrogens is 132 g/mol. The fourth-order valence-corrected chi connectivity index (χ4v) is 0.976. The maximum absolute atomic E-state index is 10.6. The standard InChI is InChI=1S/C6H10N2O2/c7-6(10)4-1-2-5(9)8-3-4/h4H,1-3H2,(H2,7,10)(H,8,9)/t4-/m0/s1. The predicted molar refractivity (Wildman–Crippen MR) is 34.9 cm³/mol. The van der Waals surface area contributed by atoms with Gasteiger partial charge in [-0.1, -0.05) is 0 Å². The van der Waals surface area contributed by atoms with Crippen molar-refractivity contribution in [3.63, 3.8) is 0 Å². The summed E-state index contributed by atoms with van der Waals surface area (Å²) in [6.45, 7) is 0.411. The van der Waals surface area contributed by atoms with E-state index in [9.17, 15) is 9.59 Å². The van der Waals surface area contributed by atoms with Gasteiger partial charge in [0.05, 0.1) is 5.92 Å². The normalized spacial score (nSPS) is 25.6. The molecule has 1 aliphatic rings. The van der Waals surface area contributed by atoms with E-state index in [0.717, 1.165) is 0 Å². The smallest absolute Gasteiger partial charge is 0.222 e. The fraction of sp³-hybridized carbons (Fsp3) is 0.667. The molecule has 56 valence electrons. The minimum atomic E-state index is -0.319. The first-order chi connectivity index (χ1) is 4.70. The molecule has 0 aromatic rings. The molecule has 0 spiro atoms. The third-order valence-corrected chi connectivity index (χ3v) is 1.67. The molecule has 1 aliphatic heterocycles. The summed E-state index contributed by atoms with van der Waals surface area (Å²) in [6.07, 6.45) is 1.02. The third kappa shape index (κ3) is 1.46. The van der Waals surface area contributed by atoms with E-state index in [4.69, 9.17) is 5.73 Å². The summed E-state index contributed by atoms with van der Waals surface area (Å²) in [5.41, 5.74) is 5.02. The largest absolute Gasteiger partial charge is 0.369 e. The lowest BCUT2D eigenvalue weighted by molar-refractivity contribution is -0.127. The predicted octanol–water partition coefficient (Wildman–Crippen LogP) is -1.00. The SMILES string of the molecule is NC(=O)[C@H]1CCC(=O)NC1. The van der Waals surface area contributed by atoms with Crippen molar-refractivity contribution >= 4 is 11.8 Å². The summed E-state index contributed by atoms with van der Waals surface area (Å²) >= 11 is 0. The number of rotatable bonds is 1. The molecule has 4 heteroatoms. The number of hydrogen-bond acceptors (Lipinski definition) is 2. The number of carbonyl (C=O) groups is 2. The molecular formula is C6H10N2O2. The first-order valence-corrected chi connectivity index (χ1v) is 3.26. The second-order valence-corrected chi connectivity index (χ2v) is 2.44. The van der Waals surface area contributed by atoms with E-state index < -0.39 is 0 Å². The van der Waals surface area contributed by atoms with Crippen LogP contribution in [-0.2, 0) is 9.59 Å². The van der Waals surface area contributed by atoms with Gasteiger partial charge in [0.1, 0.15) is 0 Å². The van der Waals surface area contributed by atoms with E-state index in [-0.39, 0.29) is 17.7 Å². The van der Waals surface area contributed by atoms with Crippen LogP contribution >= 0.6 is 0 Å². The molecule has 0 unspecified atom stereocenters. The first kappa shape index (κ1) is 7.05. The molecule has 3 N–H and O–H groups in total. The summed E-state index contributed by atoms with van der Waals surface area (Å²) in [4.78, 5) is 21.1. The Morgan fingerprint density at radius 2 is 2.40 bits per heavy atom. The van der Waals surface area contributed by atoms with E-state index >= 15 is 0 Å². The van der Waals surface area contributed by atoms with Gasteiger partial charge in [-0.25, -0.2) is 0 Å². The van der Waals surface area contributed by atoms with Crippen LogP contribution in [-0.4, -0.2) is 18.4 Å². The van der Waals surface area contributed by atoms with Crippen molar-refractivity contribution < 1.29 is 9.59 Å². The summed E-state index contributed by atoms with van der Waals surface area (Å²) in [5, 5.41) is 2.57. The second-order valence-electron chi connectivity index (χ2n) is 2.44. The summed E-state index contributed by atoms with van der Waals surface area (Å²) in [7, 11) is 0. The van der Waals surface area contributed by atoms with Crippen molar-refractivity contribution in [2.45, 2.75) is 12.8 Å². The van der Waals surface area contributed by atoms with Crippen molar-refractivity contribution in [2.75, 3.05) is 6.54 Å². The van der Waals surface area contributed by atoms with Crippen molar-refractivity contribution in [2.24, 2.45) is 11.7 Å². The Morgan fingerprint density at radius 3 is 2.80 bits per heavy atom. The lowest BCUT2D eigenvalue weighted by Crippen LogP contribution is -2.40. The monoisotopic (exact) mass is 142 g/mol. The molecule has 10 heavy (non-hydrogen) atoms. The van der Waals surface area contributed by atoms with Crippen LogP contribution in [0, 0.1) is 5.92 Å². The van der Waals surface area contributed by atoms with E-state index in [1.807, 2.05) is 0 Å². The van der Waals surface area contributed by atoms with Crippen LogP contribution in [0.25, 0.3) is 0 Å². The Morgan fingerprint density at radius 1 is 1.70 bits per heavy atom. The average molecular weight is 142 g/mol. The Kier molecular flexibility index (Phi) is 1.89. The van der Waals surface area contributed by atoms with E-state index in [0.29, 0.717) is 19.4 Å². The number of hydrogen-bond donors (Lipinski definition) is 2. The zero-order valence-corrected chi connectivity index (χ0v) is 5.59. The molecule has 1 heterocycles. The molecule has 1 saturated heterocycles. The van der Waals surface area contributed by atoms with Crippen LogP contribution < -0.4 is 11.1 Å². The number of amides is 2. The van der Waals surface area contributed by atoms with Crippen LogP contribution in [0.2, 0.25) is 0 Å². The molecule has 2 amide bonds. The highest BCUT2D eigenvalue weighted by atomic mass is 16.2. The van der Waals surface area contributed by atoms with Gasteiger partial charge < -0.3 is 11.1 Å². The Balaban J connectivity index is 2.40. The van der Waals surface area contributed by atoms with Crippen LogP contribution in [0.15, 0.2) is 0 Å². The topological polar surface area (TPSA) is 72.2 Å². The van der Waals surface area contributed by atoms with Gasteiger partial charge in [-0.3, -0.25) is 9.59 Å². The minimum absolute atomic E-state index is 0.0116. The molecule has 1 fully saturated rings. The van der Waals surface area contributed by atoms with Gasteiger partial charge in [0.15, 0.2) is 0 Å². The number of carbonyl (C=O) groups excluding carboxylic acids is 2. The molecule has 0 saturated carbocycles. The van der Waals surface area contributed by atoms with Gasteiger partial charge in [-0.05, 0) is 6.42 Å². The van der Waals surface area contributed by atoms with Gasteiger partial charge >= 0.3 is 0 Å². The van der Waals surface area contributed by atoms with E-state index in [1.165, 1.54) is 0 Å². The maximum atomic E-state index is 10.6. The summed E-state index contributed by atoms with van der Waals surface area (Å²) in [5.74, 6) is -0.463. The Bertz CT molecular complexity index is 157. The highest BCUT2D eigenvalue weighted by molar-refractivity contribution is 5.82. The van der Waals surface area contributed by atoms with Gasteiger partial charge in [0.2, 0.25) is 11.8 Å². The third-order valence-electron chi connectivity index (χ3n) is 1.67. The van der Waals surface area contributed by atoms with Crippen molar-refractivity contribution in [3.8, 4) is 0 Å². The first-order valence-electron chi connectivity index (χ1n) is 3.26. The van der Waals surface area contributed by atoms with Gasteiger partial charge in [-0.2, -0.15) is 0 Å². The molecule has 1 rings (SSSR count).